The van der Waals surface area contributed by atoms with E-state index in [0.29, 0.717) is 6.42 Å². The molecule has 0 aromatic carbocycles. The van der Waals surface area contributed by atoms with Crippen LogP contribution in [-0.4, -0.2) is 44.0 Å². The molecular weight excluding hydrogens is 306 g/mol. The maximum absolute atomic E-state index is 12.8. The fourth-order valence-electron chi connectivity index (χ4n) is 3.36. The first kappa shape index (κ1) is 18.5. The van der Waals surface area contributed by atoms with E-state index in [9.17, 15) is 9.59 Å². The van der Waals surface area contributed by atoms with Gasteiger partial charge >= 0.3 is 5.97 Å². The quantitative estimate of drug-likeness (QED) is 0.795. The van der Waals surface area contributed by atoms with Crippen molar-refractivity contribution in [1.29, 1.82) is 0 Å². The molecule has 0 spiro atoms. The van der Waals surface area contributed by atoms with Crippen molar-refractivity contribution < 1.29 is 14.3 Å². The highest BCUT2D eigenvalue weighted by atomic mass is 16.6. The van der Waals surface area contributed by atoms with E-state index in [2.05, 4.69) is 4.98 Å². The lowest BCUT2D eigenvalue weighted by atomic mass is 9.86. The summed E-state index contributed by atoms with van der Waals surface area (Å²) in [6.07, 6.45) is 5.27. The Bertz CT molecular complexity index is 603. The van der Waals surface area contributed by atoms with Crippen molar-refractivity contribution in [3.63, 3.8) is 0 Å². The largest absolute Gasteiger partial charge is 0.460 e. The third-order valence-corrected chi connectivity index (χ3v) is 4.64. The molecule has 2 rings (SSSR count). The van der Waals surface area contributed by atoms with E-state index in [1.807, 2.05) is 51.1 Å². The van der Waals surface area contributed by atoms with E-state index in [4.69, 9.17) is 4.74 Å². The Morgan fingerprint density at radius 2 is 1.96 bits per heavy atom. The van der Waals surface area contributed by atoms with Gasteiger partial charge in [-0.25, -0.2) is 4.98 Å². The van der Waals surface area contributed by atoms with Crippen molar-refractivity contribution >= 4 is 11.9 Å². The highest BCUT2D eigenvalue weighted by Crippen LogP contribution is 2.30. The van der Waals surface area contributed by atoms with Gasteiger partial charge in [-0.05, 0) is 47.5 Å². The number of nitrogens with zero attached hydrogens (tertiary/aromatic N) is 3. The van der Waals surface area contributed by atoms with Crippen LogP contribution < -0.4 is 0 Å². The first-order chi connectivity index (χ1) is 11.1. The van der Waals surface area contributed by atoms with Gasteiger partial charge in [0.15, 0.2) is 0 Å². The molecule has 1 amide bonds. The summed E-state index contributed by atoms with van der Waals surface area (Å²) in [5.41, 5.74) is 0.363. The zero-order chi connectivity index (χ0) is 18.1. The van der Waals surface area contributed by atoms with Crippen molar-refractivity contribution in [3.05, 3.63) is 18.2 Å². The number of amides is 1. The molecule has 6 heteroatoms. The van der Waals surface area contributed by atoms with Gasteiger partial charge in [-0.15, -0.1) is 0 Å². The number of aromatic nitrogens is 2. The van der Waals surface area contributed by atoms with E-state index in [-0.39, 0.29) is 29.9 Å². The SMILES string of the molecule is C[C@@H]1CC[C@H](C(=O)OC(C)(C)C)[C@H](C)N1C(=O)Cc1cncn1C. The lowest BCUT2D eigenvalue weighted by molar-refractivity contribution is -0.166. The molecule has 0 aliphatic carbocycles. The van der Waals surface area contributed by atoms with Gasteiger partial charge in [0.25, 0.3) is 0 Å². The fraction of sp³-hybridized carbons (Fsp3) is 0.722. The second kappa shape index (κ2) is 6.95. The van der Waals surface area contributed by atoms with Crippen LogP contribution in [0.25, 0.3) is 0 Å². The summed E-state index contributed by atoms with van der Waals surface area (Å²) >= 11 is 0. The van der Waals surface area contributed by atoms with Crippen LogP contribution in [0.5, 0.6) is 0 Å². The van der Waals surface area contributed by atoms with Gasteiger partial charge in [-0.3, -0.25) is 9.59 Å². The smallest absolute Gasteiger partial charge is 0.311 e. The molecule has 1 saturated heterocycles. The molecule has 24 heavy (non-hydrogen) atoms. The zero-order valence-electron chi connectivity index (χ0n) is 15.6. The Balaban J connectivity index is 2.11. The number of ether oxygens (including phenoxy) is 1. The molecule has 0 radical (unpaired) electrons. The molecule has 0 N–H and O–H groups in total. The second-order valence-electron chi connectivity index (χ2n) is 7.78. The van der Waals surface area contributed by atoms with Gasteiger partial charge in [0.1, 0.15) is 5.60 Å². The maximum atomic E-state index is 12.8. The molecule has 0 unspecified atom stereocenters. The van der Waals surface area contributed by atoms with Crippen LogP contribution in [0.1, 0.15) is 53.2 Å². The molecule has 6 nitrogen and oxygen atoms in total. The van der Waals surface area contributed by atoms with Crippen molar-refractivity contribution in [2.75, 3.05) is 0 Å². The van der Waals surface area contributed by atoms with Crippen LogP contribution in [0.15, 0.2) is 12.5 Å². The molecule has 2 heterocycles. The summed E-state index contributed by atoms with van der Waals surface area (Å²) in [6, 6.07) is -0.0382. The molecule has 0 bridgehead atoms. The molecule has 0 saturated carbocycles. The van der Waals surface area contributed by atoms with Crippen molar-refractivity contribution in [3.8, 4) is 0 Å². The summed E-state index contributed by atoms with van der Waals surface area (Å²) < 4.78 is 7.39. The number of esters is 1. The Morgan fingerprint density at radius 1 is 1.29 bits per heavy atom. The summed E-state index contributed by atoms with van der Waals surface area (Å²) in [5.74, 6) is -0.442. The van der Waals surface area contributed by atoms with Crippen LogP contribution in [0, 0.1) is 5.92 Å². The Morgan fingerprint density at radius 3 is 2.50 bits per heavy atom. The highest BCUT2D eigenvalue weighted by Gasteiger charge is 2.40. The Hall–Kier alpha value is -1.85. The third-order valence-electron chi connectivity index (χ3n) is 4.64. The van der Waals surface area contributed by atoms with E-state index >= 15 is 0 Å². The van der Waals surface area contributed by atoms with Crippen LogP contribution in [0.4, 0.5) is 0 Å². The average Bonchev–Trinajstić information content (AvgIpc) is 2.82. The van der Waals surface area contributed by atoms with Crippen LogP contribution in [0.2, 0.25) is 0 Å². The zero-order valence-corrected chi connectivity index (χ0v) is 15.6. The van der Waals surface area contributed by atoms with Gasteiger partial charge in [-0.1, -0.05) is 0 Å². The fourth-order valence-corrected chi connectivity index (χ4v) is 3.36. The predicted molar refractivity (Wildman–Crippen MR) is 91.3 cm³/mol. The molecular formula is C18H29N3O3. The number of imidazole rings is 1. The van der Waals surface area contributed by atoms with Crippen molar-refractivity contribution in [2.45, 2.75) is 71.6 Å². The van der Waals surface area contributed by atoms with Gasteiger partial charge in [0, 0.05) is 31.0 Å². The minimum Gasteiger partial charge on any atom is -0.460 e. The topological polar surface area (TPSA) is 64.4 Å². The minimum atomic E-state index is -0.511. The number of carbonyl (C=O) groups is 2. The second-order valence-corrected chi connectivity index (χ2v) is 7.78. The average molecular weight is 335 g/mol. The summed E-state index contributed by atoms with van der Waals surface area (Å²) in [4.78, 5) is 31.2. The van der Waals surface area contributed by atoms with Gasteiger partial charge in [-0.2, -0.15) is 0 Å². The van der Waals surface area contributed by atoms with Crippen LogP contribution in [0.3, 0.4) is 0 Å². The monoisotopic (exact) mass is 335 g/mol. The number of rotatable bonds is 3. The number of hydrogen-bond acceptors (Lipinski definition) is 4. The van der Waals surface area contributed by atoms with E-state index < -0.39 is 5.60 Å². The number of carbonyl (C=O) groups excluding carboxylic acids is 2. The number of likely N-dealkylation sites (tertiary alicyclic amines) is 1. The summed E-state index contributed by atoms with van der Waals surface area (Å²) in [5, 5.41) is 0. The molecule has 1 aliphatic rings. The van der Waals surface area contributed by atoms with E-state index in [0.717, 1.165) is 18.5 Å². The summed E-state index contributed by atoms with van der Waals surface area (Å²) in [7, 11) is 1.88. The van der Waals surface area contributed by atoms with Gasteiger partial charge in [0.2, 0.25) is 5.91 Å². The molecule has 134 valence electrons. The molecule has 3 atom stereocenters. The Labute approximate surface area is 144 Å². The van der Waals surface area contributed by atoms with Crippen molar-refractivity contribution in [1.82, 2.24) is 14.5 Å². The van der Waals surface area contributed by atoms with Crippen molar-refractivity contribution in [2.24, 2.45) is 13.0 Å². The lowest BCUT2D eigenvalue weighted by Gasteiger charge is -2.43. The highest BCUT2D eigenvalue weighted by molar-refractivity contribution is 5.81. The first-order valence-electron chi connectivity index (χ1n) is 8.59. The number of hydrogen-bond donors (Lipinski definition) is 0. The normalized spacial score (nSPS) is 24.8. The molecule has 1 fully saturated rings. The van der Waals surface area contributed by atoms with E-state index in [1.54, 1.807) is 12.5 Å². The minimum absolute atomic E-state index is 0.0341. The van der Waals surface area contributed by atoms with Crippen LogP contribution in [-0.2, 0) is 27.8 Å². The Kier molecular flexibility index (Phi) is 5.35. The lowest BCUT2D eigenvalue weighted by Crippen LogP contribution is -2.54. The predicted octanol–water partition coefficient (Wildman–Crippen LogP) is 2.32. The third kappa shape index (κ3) is 4.16. The van der Waals surface area contributed by atoms with Crippen LogP contribution >= 0.6 is 0 Å². The maximum Gasteiger partial charge on any atom is 0.311 e. The van der Waals surface area contributed by atoms with E-state index in [1.165, 1.54) is 0 Å². The first-order valence-corrected chi connectivity index (χ1v) is 8.59. The molecule has 1 aromatic heterocycles. The number of aryl methyl sites for hydroxylation is 1. The van der Waals surface area contributed by atoms with Gasteiger partial charge < -0.3 is 14.2 Å². The number of piperidine rings is 1. The summed E-state index contributed by atoms with van der Waals surface area (Å²) in [6.45, 7) is 9.60. The molecule has 1 aromatic rings. The molecule has 1 aliphatic heterocycles. The van der Waals surface area contributed by atoms with Gasteiger partial charge in [0.05, 0.1) is 18.7 Å². The standard InChI is InChI=1S/C18H29N3O3/c1-12-7-8-15(17(23)24-18(3,4)5)13(2)21(12)16(22)9-14-10-19-11-20(14)6/h10-13,15H,7-9H2,1-6H3/t12-,13+,15+/m1/s1.